The van der Waals surface area contributed by atoms with Crippen molar-refractivity contribution in [2.75, 3.05) is 20.3 Å². The molecule has 0 N–H and O–H groups in total. The number of rotatable bonds is 4. The van der Waals surface area contributed by atoms with Gasteiger partial charge in [0, 0.05) is 12.7 Å². The van der Waals surface area contributed by atoms with Crippen LogP contribution in [0.2, 0.25) is 18.1 Å². The molecule has 5 nitrogen and oxygen atoms in total. The molecule has 6 heteroatoms. The van der Waals surface area contributed by atoms with Crippen LogP contribution in [0.5, 0.6) is 5.75 Å². The first-order chi connectivity index (χ1) is 10.7. The van der Waals surface area contributed by atoms with Crippen molar-refractivity contribution in [3.8, 4) is 5.75 Å². The Bertz CT molecular complexity index is 581. The highest BCUT2D eigenvalue weighted by Gasteiger charge is 2.70. The third-order valence-electron chi connectivity index (χ3n) is 5.27. The average Bonchev–Trinajstić information content (AvgIpc) is 2.35. The Kier molecular flexibility index (Phi) is 3.89. The van der Waals surface area contributed by atoms with Crippen LogP contribution >= 0.6 is 0 Å². The molecule has 1 spiro atoms. The van der Waals surface area contributed by atoms with Crippen molar-refractivity contribution in [2.24, 2.45) is 0 Å². The van der Waals surface area contributed by atoms with Gasteiger partial charge in [-0.3, -0.25) is 0 Å². The summed E-state index contributed by atoms with van der Waals surface area (Å²) in [7, 11) is -0.269. The summed E-state index contributed by atoms with van der Waals surface area (Å²) in [5, 5.41) is 0.140. The lowest BCUT2D eigenvalue weighted by atomic mass is 9.83. The molecule has 1 atom stereocenters. The summed E-state index contributed by atoms with van der Waals surface area (Å²) in [6, 6.07) is 7.92. The molecule has 0 saturated carbocycles. The number of benzene rings is 1. The predicted molar refractivity (Wildman–Crippen MR) is 88.7 cm³/mol. The number of hydrogen-bond donors (Lipinski definition) is 0. The second-order valence-electron chi connectivity index (χ2n) is 7.86. The van der Waals surface area contributed by atoms with Gasteiger partial charge >= 0.3 is 0 Å². The van der Waals surface area contributed by atoms with Crippen LogP contribution < -0.4 is 4.43 Å². The number of methoxy groups -OCH3 is 1. The van der Waals surface area contributed by atoms with Crippen molar-refractivity contribution in [1.29, 1.82) is 0 Å². The van der Waals surface area contributed by atoms with Crippen LogP contribution in [-0.4, -0.2) is 34.2 Å². The van der Waals surface area contributed by atoms with Crippen molar-refractivity contribution in [2.45, 2.75) is 50.3 Å². The lowest BCUT2D eigenvalue weighted by molar-refractivity contribution is -0.644. The second-order valence-corrected chi connectivity index (χ2v) is 12.6. The quantitative estimate of drug-likeness (QED) is 0.620. The predicted octanol–water partition coefficient (Wildman–Crippen LogP) is 3.60. The molecular weight excluding hydrogens is 312 g/mol. The van der Waals surface area contributed by atoms with Crippen LogP contribution in [0, 0.1) is 0 Å². The zero-order valence-corrected chi connectivity index (χ0v) is 15.8. The van der Waals surface area contributed by atoms with E-state index >= 15 is 0 Å². The van der Waals surface area contributed by atoms with Gasteiger partial charge < -0.3 is 13.9 Å². The third kappa shape index (κ3) is 2.44. The SMILES string of the molecule is COC1(c2cccc(O[Si](C)(C)C(C)(C)C)c2)OOC12COC2. The number of hydrogen-bond acceptors (Lipinski definition) is 5. The monoisotopic (exact) mass is 338 g/mol. The zero-order valence-electron chi connectivity index (χ0n) is 14.8. The molecule has 0 bridgehead atoms. The Morgan fingerprint density at radius 3 is 2.26 bits per heavy atom. The summed E-state index contributed by atoms with van der Waals surface area (Å²) in [6.07, 6.45) is 0. The summed E-state index contributed by atoms with van der Waals surface area (Å²) in [5.41, 5.74) is 0.350. The molecule has 0 aromatic heterocycles. The van der Waals surface area contributed by atoms with Crippen molar-refractivity contribution < 1.29 is 23.7 Å². The second kappa shape index (κ2) is 5.29. The Labute approximate surface area is 138 Å². The fourth-order valence-electron chi connectivity index (χ4n) is 2.62. The molecular formula is C17H26O5Si. The third-order valence-corrected chi connectivity index (χ3v) is 9.63. The van der Waals surface area contributed by atoms with Crippen molar-refractivity contribution >= 4 is 8.32 Å². The first-order valence-electron chi connectivity index (χ1n) is 7.95. The molecule has 0 amide bonds. The van der Waals surface area contributed by atoms with E-state index in [2.05, 4.69) is 33.9 Å². The maximum Gasteiger partial charge on any atom is 0.264 e. The maximum atomic E-state index is 6.39. The van der Waals surface area contributed by atoms with E-state index in [-0.39, 0.29) is 5.04 Å². The molecule has 1 unspecified atom stereocenters. The lowest BCUT2D eigenvalue weighted by Gasteiger charge is -2.58. The van der Waals surface area contributed by atoms with Gasteiger partial charge in [0.1, 0.15) is 5.75 Å². The van der Waals surface area contributed by atoms with Gasteiger partial charge in [-0.25, -0.2) is 4.89 Å². The molecule has 3 rings (SSSR count). The van der Waals surface area contributed by atoms with Crippen LogP contribution in [0.1, 0.15) is 26.3 Å². The normalized spacial score (nSPS) is 26.5. The van der Waals surface area contributed by atoms with E-state index in [0.29, 0.717) is 13.2 Å². The first-order valence-corrected chi connectivity index (χ1v) is 10.9. The smallest absolute Gasteiger partial charge is 0.264 e. The van der Waals surface area contributed by atoms with E-state index in [0.717, 1.165) is 11.3 Å². The van der Waals surface area contributed by atoms with Gasteiger partial charge in [0.15, 0.2) is 0 Å². The Morgan fingerprint density at radius 2 is 1.83 bits per heavy atom. The molecule has 128 valence electrons. The van der Waals surface area contributed by atoms with Crippen LogP contribution in [0.3, 0.4) is 0 Å². The van der Waals surface area contributed by atoms with Gasteiger partial charge in [0.2, 0.25) is 13.9 Å². The molecule has 2 saturated heterocycles. The van der Waals surface area contributed by atoms with E-state index in [1.807, 2.05) is 24.3 Å². The van der Waals surface area contributed by atoms with Crippen molar-refractivity contribution in [3.05, 3.63) is 29.8 Å². The van der Waals surface area contributed by atoms with Crippen molar-refractivity contribution in [3.63, 3.8) is 0 Å². The van der Waals surface area contributed by atoms with Gasteiger partial charge in [-0.1, -0.05) is 32.9 Å². The van der Waals surface area contributed by atoms with E-state index in [4.69, 9.17) is 23.7 Å². The summed E-state index contributed by atoms with van der Waals surface area (Å²) >= 11 is 0. The Hall–Kier alpha value is -0.923. The minimum absolute atomic E-state index is 0.140. The summed E-state index contributed by atoms with van der Waals surface area (Å²) in [6.45, 7) is 12.1. The fourth-order valence-corrected chi connectivity index (χ4v) is 3.64. The molecule has 1 aromatic carbocycles. The largest absolute Gasteiger partial charge is 0.543 e. The molecule has 0 aliphatic carbocycles. The highest BCUT2D eigenvalue weighted by Crippen LogP contribution is 2.53. The maximum absolute atomic E-state index is 6.39. The number of ether oxygens (including phenoxy) is 2. The minimum atomic E-state index is -1.90. The first kappa shape index (κ1) is 16.9. The molecule has 2 heterocycles. The van der Waals surface area contributed by atoms with Crippen LogP contribution in [0.4, 0.5) is 0 Å². The standard InChI is InChI=1S/C17H26O5Si/c1-15(2,3)23(5,6)20-14-9-7-8-13(10-14)17(18-4)16(21-22-17)11-19-12-16/h7-10H,11-12H2,1-6H3. The van der Waals surface area contributed by atoms with Crippen LogP contribution in [0.25, 0.3) is 0 Å². The topological polar surface area (TPSA) is 46.2 Å². The van der Waals surface area contributed by atoms with Crippen molar-refractivity contribution in [1.82, 2.24) is 0 Å². The summed E-state index contributed by atoms with van der Waals surface area (Å²) in [5.74, 6) is -0.0747. The van der Waals surface area contributed by atoms with Gasteiger partial charge in [0.25, 0.3) is 5.79 Å². The van der Waals surface area contributed by atoms with E-state index in [9.17, 15) is 0 Å². The molecule has 0 radical (unpaired) electrons. The van der Waals surface area contributed by atoms with Gasteiger partial charge in [-0.05, 0) is 30.3 Å². The molecule has 2 fully saturated rings. The minimum Gasteiger partial charge on any atom is -0.543 e. The molecule has 23 heavy (non-hydrogen) atoms. The van der Waals surface area contributed by atoms with E-state index in [1.54, 1.807) is 7.11 Å². The van der Waals surface area contributed by atoms with E-state index in [1.165, 1.54) is 0 Å². The Balaban J connectivity index is 1.89. The van der Waals surface area contributed by atoms with Gasteiger partial charge in [0.05, 0.1) is 13.2 Å². The summed E-state index contributed by atoms with van der Waals surface area (Å²) < 4.78 is 17.4. The average molecular weight is 338 g/mol. The zero-order chi connectivity index (χ0) is 16.9. The van der Waals surface area contributed by atoms with Crippen LogP contribution in [-0.2, 0) is 25.0 Å². The van der Waals surface area contributed by atoms with Gasteiger partial charge in [-0.15, -0.1) is 0 Å². The summed E-state index contributed by atoms with van der Waals surface area (Å²) in [4.78, 5) is 10.7. The highest BCUT2D eigenvalue weighted by atomic mass is 28.4. The molecule has 1 aromatic rings. The van der Waals surface area contributed by atoms with E-state index < -0.39 is 19.7 Å². The lowest BCUT2D eigenvalue weighted by Crippen LogP contribution is -2.75. The van der Waals surface area contributed by atoms with Gasteiger partial charge in [-0.2, -0.15) is 4.89 Å². The Morgan fingerprint density at radius 1 is 1.13 bits per heavy atom. The highest BCUT2D eigenvalue weighted by molar-refractivity contribution is 6.74. The molecule has 2 aliphatic heterocycles. The fraction of sp³-hybridized carbons (Fsp3) is 0.647. The molecule has 2 aliphatic rings. The van der Waals surface area contributed by atoms with Crippen LogP contribution in [0.15, 0.2) is 24.3 Å².